The summed E-state index contributed by atoms with van der Waals surface area (Å²) in [6, 6.07) is 13.6. The standard InChI is InChI=1S/C22H23NO5/c24-13-22-9-16-3-1-2-4-18(16)26-11-17(22)10-23(12-22)21(25)8-15-5-6-19-20(7-15)28-14-27-19/h1-7,17,24H,8-14H2. The lowest BCUT2D eigenvalue weighted by atomic mass is 9.75. The van der Waals surface area contributed by atoms with E-state index in [2.05, 4.69) is 0 Å². The molecule has 146 valence electrons. The van der Waals surface area contributed by atoms with Crippen LogP contribution in [-0.2, 0) is 17.6 Å². The molecule has 3 aliphatic rings. The van der Waals surface area contributed by atoms with Gasteiger partial charge in [0, 0.05) is 24.4 Å². The largest absolute Gasteiger partial charge is 0.493 e. The van der Waals surface area contributed by atoms with Gasteiger partial charge in [0.15, 0.2) is 11.5 Å². The van der Waals surface area contributed by atoms with E-state index in [0.717, 1.165) is 29.0 Å². The van der Waals surface area contributed by atoms with Gasteiger partial charge in [-0.1, -0.05) is 24.3 Å². The second-order valence-electron chi connectivity index (χ2n) is 7.95. The number of amides is 1. The zero-order valence-corrected chi connectivity index (χ0v) is 15.6. The molecular formula is C22H23NO5. The first-order chi connectivity index (χ1) is 13.7. The van der Waals surface area contributed by atoms with Crippen LogP contribution in [0.1, 0.15) is 11.1 Å². The van der Waals surface area contributed by atoms with Crippen molar-refractivity contribution >= 4 is 5.91 Å². The van der Waals surface area contributed by atoms with E-state index >= 15 is 0 Å². The van der Waals surface area contributed by atoms with Gasteiger partial charge in [0.25, 0.3) is 0 Å². The van der Waals surface area contributed by atoms with Crippen molar-refractivity contribution in [1.29, 1.82) is 0 Å². The zero-order valence-electron chi connectivity index (χ0n) is 15.6. The number of carbonyl (C=O) groups is 1. The predicted octanol–water partition coefficient (Wildman–Crippen LogP) is 2.03. The number of ether oxygens (including phenoxy) is 3. The smallest absolute Gasteiger partial charge is 0.231 e. The summed E-state index contributed by atoms with van der Waals surface area (Å²) >= 11 is 0. The topological polar surface area (TPSA) is 68.2 Å². The molecule has 1 N–H and O–H groups in total. The second kappa shape index (κ2) is 6.71. The van der Waals surface area contributed by atoms with Crippen LogP contribution in [0.3, 0.4) is 0 Å². The van der Waals surface area contributed by atoms with Gasteiger partial charge in [0.05, 0.1) is 19.6 Å². The fourth-order valence-corrected chi connectivity index (χ4v) is 4.59. The SMILES string of the molecule is O=C(Cc1ccc2c(c1)OCO2)N1CC2COc3ccccc3CC2(CO)C1. The Kier molecular flexibility index (Phi) is 4.16. The molecule has 6 heteroatoms. The molecule has 3 aliphatic heterocycles. The molecule has 0 saturated carbocycles. The van der Waals surface area contributed by atoms with Gasteiger partial charge in [0.1, 0.15) is 5.75 Å². The van der Waals surface area contributed by atoms with Gasteiger partial charge in [-0.3, -0.25) is 4.79 Å². The van der Waals surface area contributed by atoms with E-state index in [1.807, 2.05) is 47.4 Å². The van der Waals surface area contributed by atoms with Gasteiger partial charge in [0.2, 0.25) is 12.7 Å². The Bertz CT molecular complexity index is 914. The van der Waals surface area contributed by atoms with Crippen LogP contribution in [0.2, 0.25) is 0 Å². The summed E-state index contributed by atoms with van der Waals surface area (Å²) in [4.78, 5) is 14.9. The molecule has 1 fully saturated rings. The lowest BCUT2D eigenvalue weighted by Gasteiger charge is -2.30. The number of nitrogens with zero attached hydrogens (tertiary/aromatic N) is 1. The van der Waals surface area contributed by atoms with Crippen molar-refractivity contribution in [3.8, 4) is 17.2 Å². The first kappa shape index (κ1) is 17.4. The molecule has 2 aromatic carbocycles. The van der Waals surface area contributed by atoms with E-state index < -0.39 is 0 Å². The molecule has 6 nitrogen and oxygen atoms in total. The highest BCUT2D eigenvalue weighted by atomic mass is 16.7. The van der Waals surface area contributed by atoms with E-state index in [1.54, 1.807) is 0 Å². The van der Waals surface area contributed by atoms with Crippen LogP contribution in [0.5, 0.6) is 17.2 Å². The van der Waals surface area contributed by atoms with Crippen molar-refractivity contribution in [1.82, 2.24) is 4.90 Å². The van der Waals surface area contributed by atoms with Gasteiger partial charge in [-0.05, 0) is 35.7 Å². The summed E-state index contributed by atoms with van der Waals surface area (Å²) in [7, 11) is 0. The van der Waals surface area contributed by atoms with Crippen LogP contribution in [0.25, 0.3) is 0 Å². The molecule has 1 amide bonds. The number of aliphatic hydroxyl groups is 1. The third-order valence-corrected chi connectivity index (χ3v) is 6.23. The maximum Gasteiger partial charge on any atom is 0.231 e. The number of rotatable bonds is 3. The van der Waals surface area contributed by atoms with Crippen molar-refractivity contribution < 1.29 is 24.1 Å². The van der Waals surface area contributed by atoms with E-state index in [9.17, 15) is 9.90 Å². The van der Waals surface area contributed by atoms with E-state index in [0.29, 0.717) is 31.9 Å². The molecule has 2 aromatic rings. The fourth-order valence-electron chi connectivity index (χ4n) is 4.59. The molecule has 0 radical (unpaired) electrons. The Morgan fingerprint density at radius 2 is 1.96 bits per heavy atom. The number of benzene rings is 2. The molecule has 0 aromatic heterocycles. The lowest BCUT2D eigenvalue weighted by molar-refractivity contribution is -0.130. The molecule has 1 saturated heterocycles. The van der Waals surface area contributed by atoms with Gasteiger partial charge in [-0.15, -0.1) is 0 Å². The lowest BCUT2D eigenvalue weighted by Crippen LogP contribution is -2.38. The first-order valence-corrected chi connectivity index (χ1v) is 9.65. The average Bonchev–Trinajstić information content (AvgIpc) is 3.28. The van der Waals surface area contributed by atoms with Crippen molar-refractivity contribution in [2.24, 2.45) is 11.3 Å². The van der Waals surface area contributed by atoms with Crippen molar-refractivity contribution in [3.05, 3.63) is 53.6 Å². The Morgan fingerprint density at radius 3 is 2.86 bits per heavy atom. The Labute approximate surface area is 163 Å². The van der Waals surface area contributed by atoms with Crippen molar-refractivity contribution in [2.75, 3.05) is 33.1 Å². The molecule has 2 unspecified atom stereocenters. The van der Waals surface area contributed by atoms with Crippen molar-refractivity contribution in [3.63, 3.8) is 0 Å². The number of fused-ring (bicyclic) bond motifs is 3. The Balaban J connectivity index is 1.33. The third kappa shape index (κ3) is 2.88. The normalized spacial score (nSPS) is 24.9. The highest BCUT2D eigenvalue weighted by molar-refractivity contribution is 5.79. The monoisotopic (exact) mass is 381 g/mol. The predicted molar refractivity (Wildman–Crippen MR) is 101 cm³/mol. The summed E-state index contributed by atoms with van der Waals surface area (Å²) in [5.41, 5.74) is 1.65. The molecule has 2 atom stereocenters. The van der Waals surface area contributed by atoms with Crippen LogP contribution in [-0.4, -0.2) is 49.0 Å². The Hall–Kier alpha value is -2.73. The minimum atomic E-state index is -0.350. The minimum absolute atomic E-state index is 0.0448. The highest BCUT2D eigenvalue weighted by Gasteiger charge is 2.49. The summed E-state index contributed by atoms with van der Waals surface area (Å²) in [6.07, 6.45) is 1.03. The quantitative estimate of drug-likeness (QED) is 0.881. The molecule has 28 heavy (non-hydrogen) atoms. The summed E-state index contributed by atoms with van der Waals surface area (Å²) in [6.45, 7) is 1.95. The van der Waals surface area contributed by atoms with Crippen LogP contribution in [0.4, 0.5) is 0 Å². The fraction of sp³-hybridized carbons (Fsp3) is 0.409. The molecule has 0 bridgehead atoms. The zero-order chi connectivity index (χ0) is 19.1. The molecular weight excluding hydrogens is 358 g/mol. The number of hydrogen-bond donors (Lipinski definition) is 1. The number of carbonyl (C=O) groups excluding carboxylic acids is 1. The van der Waals surface area contributed by atoms with Gasteiger partial charge in [-0.25, -0.2) is 0 Å². The molecule has 0 spiro atoms. The number of hydrogen-bond acceptors (Lipinski definition) is 5. The number of aliphatic hydroxyl groups excluding tert-OH is 1. The average molecular weight is 381 g/mol. The van der Waals surface area contributed by atoms with Crippen LogP contribution < -0.4 is 14.2 Å². The van der Waals surface area contributed by atoms with Gasteiger partial charge < -0.3 is 24.2 Å². The molecule has 3 heterocycles. The maximum absolute atomic E-state index is 13.0. The minimum Gasteiger partial charge on any atom is -0.493 e. The van der Waals surface area contributed by atoms with Crippen LogP contribution in [0.15, 0.2) is 42.5 Å². The molecule has 5 rings (SSSR count). The maximum atomic E-state index is 13.0. The van der Waals surface area contributed by atoms with Gasteiger partial charge >= 0.3 is 0 Å². The van der Waals surface area contributed by atoms with E-state index in [1.165, 1.54) is 0 Å². The molecule has 0 aliphatic carbocycles. The summed E-state index contributed by atoms with van der Waals surface area (Å²) < 4.78 is 16.7. The van der Waals surface area contributed by atoms with E-state index in [4.69, 9.17) is 14.2 Å². The van der Waals surface area contributed by atoms with Crippen molar-refractivity contribution in [2.45, 2.75) is 12.8 Å². The summed E-state index contributed by atoms with van der Waals surface area (Å²) in [5.74, 6) is 2.48. The second-order valence-corrected chi connectivity index (χ2v) is 7.95. The van der Waals surface area contributed by atoms with Crippen LogP contribution in [0, 0.1) is 11.3 Å². The van der Waals surface area contributed by atoms with Crippen LogP contribution >= 0.6 is 0 Å². The number of para-hydroxylation sites is 1. The van der Waals surface area contributed by atoms with Gasteiger partial charge in [-0.2, -0.15) is 0 Å². The first-order valence-electron chi connectivity index (χ1n) is 9.65. The Morgan fingerprint density at radius 1 is 1.11 bits per heavy atom. The highest BCUT2D eigenvalue weighted by Crippen LogP contribution is 2.43. The third-order valence-electron chi connectivity index (χ3n) is 6.23. The summed E-state index contributed by atoms with van der Waals surface area (Å²) in [5, 5.41) is 10.3. The van der Waals surface area contributed by atoms with E-state index in [-0.39, 0.29) is 30.6 Å². The number of likely N-dealkylation sites (tertiary alicyclic amines) is 1.